The summed E-state index contributed by atoms with van der Waals surface area (Å²) in [6.45, 7) is 0. The van der Waals surface area contributed by atoms with E-state index in [1.54, 1.807) is 35.8 Å². The van der Waals surface area contributed by atoms with E-state index in [1.807, 2.05) is 5.43 Å². The fourth-order valence-electron chi connectivity index (χ4n) is 4.27. The van der Waals surface area contributed by atoms with Crippen molar-refractivity contribution in [1.29, 1.82) is 0 Å². The van der Waals surface area contributed by atoms with Crippen molar-refractivity contribution in [3.63, 3.8) is 0 Å². The lowest BCUT2D eigenvalue weighted by Gasteiger charge is -2.24. The molecule has 0 saturated carbocycles. The zero-order valence-electron chi connectivity index (χ0n) is 26.0. The summed E-state index contributed by atoms with van der Waals surface area (Å²) in [6, 6.07) is 18.2. The van der Waals surface area contributed by atoms with Gasteiger partial charge in [-0.25, -0.2) is 14.4 Å². The van der Waals surface area contributed by atoms with Gasteiger partial charge in [0.05, 0.1) is 22.3 Å². The number of amides is 3. The monoisotopic (exact) mass is 731 g/mol. The van der Waals surface area contributed by atoms with Crippen LogP contribution < -0.4 is 16.2 Å². The molecule has 3 amide bonds. The standard InChI is InChI=1S/C34H23F6N3O9/c35-33(36,37)22-10-4-8-20(16-22)31(49)51-25(26(30(47)48)52-32(50)21-9-5-11-23(17-21)34(38,39)40)29(46)43-42-28(45)19-12-14-24(15-13-19)41-27(44)18-6-2-1-3-7-18/h1-17,25-26H,(H,41,44)(H,42,45)(H,43,46)(H,47,48)/t25-,26+/m1/s1. The molecule has 0 aliphatic heterocycles. The summed E-state index contributed by atoms with van der Waals surface area (Å²) in [5.74, 6) is -8.83. The second-order valence-electron chi connectivity index (χ2n) is 10.5. The van der Waals surface area contributed by atoms with Crippen molar-refractivity contribution < 1.29 is 69.7 Å². The minimum absolute atomic E-state index is 0.138. The van der Waals surface area contributed by atoms with Gasteiger partial charge in [-0.05, 0) is 72.8 Å². The van der Waals surface area contributed by atoms with Crippen molar-refractivity contribution in [3.05, 3.63) is 137 Å². The quantitative estimate of drug-likeness (QED) is 0.0961. The third-order valence-electron chi connectivity index (χ3n) is 6.84. The maximum absolute atomic E-state index is 13.2. The number of carboxylic acid groups (broad SMARTS) is 1. The number of halogens is 6. The molecule has 0 aliphatic rings. The van der Waals surface area contributed by atoms with Crippen LogP contribution in [0.5, 0.6) is 0 Å². The Morgan fingerprint density at radius 2 is 1.00 bits per heavy atom. The maximum atomic E-state index is 13.2. The van der Waals surface area contributed by atoms with Gasteiger partial charge in [0.1, 0.15) is 0 Å². The molecule has 2 atom stereocenters. The Hall–Kier alpha value is -6.72. The molecule has 0 spiro atoms. The molecule has 4 rings (SSSR count). The summed E-state index contributed by atoms with van der Waals surface area (Å²) in [7, 11) is 0. The Morgan fingerprint density at radius 3 is 1.48 bits per heavy atom. The van der Waals surface area contributed by atoms with Crippen LogP contribution in [0.1, 0.15) is 52.6 Å². The Bertz CT molecular complexity index is 1990. The van der Waals surface area contributed by atoms with E-state index >= 15 is 0 Å². The number of esters is 2. The van der Waals surface area contributed by atoms with Gasteiger partial charge in [0.2, 0.25) is 12.2 Å². The minimum atomic E-state index is -4.94. The number of benzene rings is 4. The molecule has 18 heteroatoms. The first-order valence-electron chi connectivity index (χ1n) is 14.5. The van der Waals surface area contributed by atoms with Crippen LogP contribution in [0, 0.1) is 0 Å². The van der Waals surface area contributed by atoms with Gasteiger partial charge in [0, 0.05) is 16.8 Å². The molecule has 0 fully saturated rings. The van der Waals surface area contributed by atoms with Crippen LogP contribution in [0.4, 0.5) is 32.0 Å². The van der Waals surface area contributed by atoms with Crippen molar-refractivity contribution >= 4 is 41.3 Å². The first-order valence-corrected chi connectivity index (χ1v) is 14.5. The molecular weight excluding hydrogens is 708 g/mol. The van der Waals surface area contributed by atoms with Gasteiger partial charge in [0.25, 0.3) is 17.7 Å². The third kappa shape index (κ3) is 9.93. The van der Waals surface area contributed by atoms with E-state index in [-0.39, 0.29) is 11.3 Å². The third-order valence-corrected chi connectivity index (χ3v) is 6.84. The lowest BCUT2D eigenvalue weighted by molar-refractivity contribution is -0.159. The molecule has 4 aromatic rings. The second kappa shape index (κ2) is 15.9. The zero-order chi connectivity index (χ0) is 38.2. The van der Waals surface area contributed by atoms with Crippen LogP contribution in [-0.2, 0) is 31.4 Å². The van der Waals surface area contributed by atoms with Gasteiger partial charge in [0.15, 0.2) is 0 Å². The lowest BCUT2D eigenvalue weighted by Crippen LogP contribution is -2.54. The van der Waals surface area contributed by atoms with Gasteiger partial charge in [-0.15, -0.1) is 0 Å². The number of carbonyl (C=O) groups is 6. The molecule has 4 N–H and O–H groups in total. The molecule has 0 saturated heterocycles. The lowest BCUT2D eigenvalue weighted by atomic mass is 10.1. The fraction of sp³-hybridized carbons (Fsp3) is 0.118. The molecule has 0 aliphatic carbocycles. The van der Waals surface area contributed by atoms with E-state index in [0.29, 0.717) is 29.8 Å². The Morgan fingerprint density at radius 1 is 0.538 bits per heavy atom. The van der Waals surface area contributed by atoms with Gasteiger partial charge < -0.3 is 19.9 Å². The second-order valence-corrected chi connectivity index (χ2v) is 10.5. The number of alkyl halides is 6. The molecule has 12 nitrogen and oxygen atoms in total. The van der Waals surface area contributed by atoms with Crippen LogP contribution >= 0.6 is 0 Å². The summed E-state index contributed by atoms with van der Waals surface area (Å²) in [6.07, 6.45) is -15.4. The molecule has 0 unspecified atom stereocenters. The number of hydrazine groups is 1. The zero-order valence-corrected chi connectivity index (χ0v) is 26.0. The number of nitrogens with one attached hydrogen (secondary N) is 3. The maximum Gasteiger partial charge on any atom is 0.416 e. The van der Waals surface area contributed by atoms with Gasteiger partial charge >= 0.3 is 30.3 Å². The number of hydrogen-bond donors (Lipinski definition) is 4. The summed E-state index contributed by atoms with van der Waals surface area (Å²) in [5.41, 5.74) is -0.206. The van der Waals surface area contributed by atoms with E-state index < -0.39 is 82.4 Å². The first kappa shape index (κ1) is 38.1. The fourth-order valence-corrected chi connectivity index (χ4v) is 4.27. The van der Waals surface area contributed by atoms with Crippen molar-refractivity contribution in [2.75, 3.05) is 5.32 Å². The smallest absolute Gasteiger partial charge is 0.416 e. The highest BCUT2D eigenvalue weighted by Gasteiger charge is 2.42. The van der Waals surface area contributed by atoms with Crippen LogP contribution in [0.3, 0.4) is 0 Å². The normalized spacial score (nSPS) is 12.4. The van der Waals surface area contributed by atoms with E-state index in [1.165, 1.54) is 24.3 Å². The van der Waals surface area contributed by atoms with Crippen molar-refractivity contribution in [3.8, 4) is 0 Å². The molecule has 0 radical (unpaired) electrons. The molecule has 52 heavy (non-hydrogen) atoms. The number of ether oxygens (including phenoxy) is 2. The van der Waals surface area contributed by atoms with E-state index in [9.17, 15) is 60.2 Å². The van der Waals surface area contributed by atoms with E-state index in [4.69, 9.17) is 9.47 Å². The predicted molar refractivity (Wildman–Crippen MR) is 165 cm³/mol. The summed E-state index contributed by atoms with van der Waals surface area (Å²) in [5, 5.41) is 12.4. The number of hydrogen-bond acceptors (Lipinski definition) is 8. The van der Waals surface area contributed by atoms with Crippen LogP contribution in [0.2, 0.25) is 0 Å². The van der Waals surface area contributed by atoms with E-state index in [2.05, 4.69) is 5.32 Å². The minimum Gasteiger partial charge on any atom is -0.478 e. The largest absolute Gasteiger partial charge is 0.478 e. The molecule has 270 valence electrons. The Labute approximate surface area is 288 Å². The number of carboxylic acids is 1. The van der Waals surface area contributed by atoms with Crippen LogP contribution in [-0.4, -0.2) is 52.9 Å². The summed E-state index contributed by atoms with van der Waals surface area (Å²) in [4.78, 5) is 76.2. The highest BCUT2D eigenvalue weighted by molar-refractivity contribution is 6.04. The van der Waals surface area contributed by atoms with E-state index in [0.717, 1.165) is 24.3 Å². The van der Waals surface area contributed by atoms with Crippen LogP contribution in [0.15, 0.2) is 103 Å². The van der Waals surface area contributed by atoms with Crippen molar-refractivity contribution in [1.82, 2.24) is 10.9 Å². The van der Waals surface area contributed by atoms with Gasteiger partial charge in [-0.2, -0.15) is 26.3 Å². The molecule has 4 aromatic carbocycles. The average molecular weight is 732 g/mol. The Kier molecular flexibility index (Phi) is 11.6. The van der Waals surface area contributed by atoms with Crippen LogP contribution in [0.25, 0.3) is 0 Å². The van der Waals surface area contributed by atoms with Gasteiger partial charge in [-0.1, -0.05) is 30.3 Å². The predicted octanol–water partition coefficient (Wildman–Crippen LogP) is 5.27. The highest BCUT2D eigenvalue weighted by Crippen LogP contribution is 2.31. The number of carbonyl (C=O) groups excluding carboxylic acids is 5. The first-order chi connectivity index (χ1) is 24.4. The average Bonchev–Trinajstić information content (AvgIpc) is 3.11. The molecule has 0 bridgehead atoms. The molecular formula is C34H23F6N3O9. The van der Waals surface area contributed by atoms with Crippen molar-refractivity contribution in [2.45, 2.75) is 24.6 Å². The molecule has 0 aromatic heterocycles. The number of aliphatic carboxylic acids is 1. The van der Waals surface area contributed by atoms with Crippen molar-refractivity contribution in [2.24, 2.45) is 0 Å². The summed E-state index contributed by atoms with van der Waals surface area (Å²) < 4.78 is 89.0. The van der Waals surface area contributed by atoms with Gasteiger partial charge in [-0.3, -0.25) is 25.2 Å². The number of anilines is 1. The highest BCUT2D eigenvalue weighted by atomic mass is 19.4. The SMILES string of the molecule is O=C(NNC(=O)[C@H](OC(=O)c1cccc(C(F)(F)F)c1)[C@H](OC(=O)c1cccc(C(F)(F)F)c1)C(=O)O)c1ccc(NC(=O)c2ccccc2)cc1. The molecule has 0 heterocycles. The number of rotatable bonds is 10. The topological polar surface area (TPSA) is 177 Å². The Balaban J connectivity index is 1.55. The summed E-state index contributed by atoms with van der Waals surface area (Å²) >= 11 is 0.